The molecule has 2 aromatic carbocycles. The van der Waals surface area contributed by atoms with Crippen LogP contribution in [-0.2, 0) is 14.2 Å². The van der Waals surface area contributed by atoms with Crippen molar-refractivity contribution in [2.45, 2.75) is 19.1 Å². The van der Waals surface area contributed by atoms with Crippen LogP contribution in [0.2, 0.25) is 0 Å². The molecule has 4 rings (SSSR count). The molecular weight excluding hydrogens is 316 g/mol. The van der Waals surface area contributed by atoms with E-state index in [1.54, 1.807) is 0 Å². The predicted molar refractivity (Wildman–Crippen MR) is 96.3 cm³/mol. The third-order valence-corrected chi connectivity index (χ3v) is 4.31. The van der Waals surface area contributed by atoms with Gasteiger partial charge in [0.05, 0.1) is 13.2 Å². The number of hydrogen-bond donors (Lipinski definition) is 0. The Labute approximate surface area is 148 Å². The summed E-state index contributed by atoms with van der Waals surface area (Å²) in [6.45, 7) is 4.80. The average molecular weight is 338 g/mol. The lowest BCUT2D eigenvalue weighted by molar-refractivity contribution is 0.234. The van der Waals surface area contributed by atoms with Crippen LogP contribution in [0.1, 0.15) is 18.1 Å². The van der Waals surface area contributed by atoms with Crippen LogP contribution in [0, 0.1) is 0 Å². The summed E-state index contributed by atoms with van der Waals surface area (Å²) in [7, 11) is 0. The van der Waals surface area contributed by atoms with E-state index in [0.717, 1.165) is 41.4 Å². The van der Waals surface area contributed by atoms with Gasteiger partial charge in [-0.15, -0.1) is 0 Å². The SMILES string of the molecule is CC(=C(OCC1CO1)c1ccccc1)c1ccccc1OCC1CO1. The van der Waals surface area contributed by atoms with Gasteiger partial charge in [0.25, 0.3) is 0 Å². The highest BCUT2D eigenvalue weighted by molar-refractivity contribution is 5.88. The van der Waals surface area contributed by atoms with Gasteiger partial charge in [0.1, 0.15) is 36.9 Å². The number of benzene rings is 2. The quantitative estimate of drug-likeness (QED) is 0.417. The maximum Gasteiger partial charge on any atom is 0.130 e. The van der Waals surface area contributed by atoms with Crippen molar-refractivity contribution < 1.29 is 18.9 Å². The summed E-state index contributed by atoms with van der Waals surface area (Å²) in [6.07, 6.45) is 0.444. The zero-order chi connectivity index (χ0) is 17.1. The van der Waals surface area contributed by atoms with Crippen molar-refractivity contribution in [3.05, 3.63) is 65.7 Å². The second-order valence-corrected chi connectivity index (χ2v) is 6.35. The molecule has 2 aromatic rings. The molecular formula is C21H22O4. The summed E-state index contributed by atoms with van der Waals surface area (Å²) in [5.74, 6) is 1.73. The molecule has 2 atom stereocenters. The van der Waals surface area contributed by atoms with Crippen molar-refractivity contribution in [1.29, 1.82) is 0 Å². The highest BCUT2D eigenvalue weighted by atomic mass is 16.6. The summed E-state index contributed by atoms with van der Waals surface area (Å²) in [5, 5.41) is 0. The molecule has 2 heterocycles. The third-order valence-electron chi connectivity index (χ3n) is 4.31. The number of para-hydroxylation sites is 1. The van der Waals surface area contributed by atoms with Gasteiger partial charge in [-0.2, -0.15) is 0 Å². The zero-order valence-corrected chi connectivity index (χ0v) is 14.3. The summed E-state index contributed by atoms with van der Waals surface area (Å²) < 4.78 is 22.6. The lowest BCUT2D eigenvalue weighted by Gasteiger charge is -2.17. The van der Waals surface area contributed by atoms with Crippen LogP contribution < -0.4 is 4.74 Å². The van der Waals surface area contributed by atoms with E-state index in [9.17, 15) is 0 Å². The highest BCUT2D eigenvalue weighted by Gasteiger charge is 2.25. The van der Waals surface area contributed by atoms with E-state index < -0.39 is 0 Å². The molecule has 25 heavy (non-hydrogen) atoms. The zero-order valence-electron chi connectivity index (χ0n) is 14.3. The van der Waals surface area contributed by atoms with Gasteiger partial charge in [0.15, 0.2) is 0 Å². The minimum Gasteiger partial charge on any atom is -0.490 e. The number of hydrogen-bond acceptors (Lipinski definition) is 4. The molecule has 0 amide bonds. The van der Waals surface area contributed by atoms with Gasteiger partial charge in [-0.1, -0.05) is 48.5 Å². The first-order valence-electron chi connectivity index (χ1n) is 8.66. The van der Waals surface area contributed by atoms with Gasteiger partial charge in [-0.05, 0) is 13.0 Å². The Morgan fingerprint density at radius 3 is 2.28 bits per heavy atom. The van der Waals surface area contributed by atoms with Crippen LogP contribution in [0.25, 0.3) is 11.3 Å². The Hall–Kier alpha value is -2.30. The molecule has 0 aliphatic carbocycles. The fourth-order valence-electron chi connectivity index (χ4n) is 2.71. The van der Waals surface area contributed by atoms with Crippen molar-refractivity contribution >= 4 is 11.3 Å². The maximum atomic E-state index is 6.14. The van der Waals surface area contributed by atoms with Gasteiger partial charge in [0.2, 0.25) is 0 Å². The topological polar surface area (TPSA) is 43.5 Å². The largest absolute Gasteiger partial charge is 0.490 e. The standard InChI is InChI=1S/C21H22O4/c1-15(19-9-5-6-10-20(19)24-13-17-11-22-17)21(25-14-18-12-23-18)16-7-3-2-4-8-16/h2-10,17-18H,11-14H2,1H3. The van der Waals surface area contributed by atoms with Crippen LogP contribution in [0.15, 0.2) is 54.6 Å². The van der Waals surface area contributed by atoms with Gasteiger partial charge < -0.3 is 18.9 Å². The van der Waals surface area contributed by atoms with Crippen LogP contribution in [0.4, 0.5) is 0 Å². The third kappa shape index (κ3) is 4.21. The summed E-state index contributed by atoms with van der Waals surface area (Å²) in [4.78, 5) is 0. The first-order chi connectivity index (χ1) is 12.3. The van der Waals surface area contributed by atoms with Crippen molar-refractivity contribution in [3.63, 3.8) is 0 Å². The number of ether oxygens (including phenoxy) is 4. The van der Waals surface area contributed by atoms with Gasteiger partial charge in [-0.25, -0.2) is 0 Å². The van der Waals surface area contributed by atoms with Crippen LogP contribution in [0.5, 0.6) is 5.75 Å². The highest BCUT2D eigenvalue weighted by Crippen LogP contribution is 2.33. The summed E-state index contributed by atoms with van der Waals surface area (Å²) in [5.41, 5.74) is 3.15. The average Bonchev–Trinajstić information content (AvgIpc) is 3.56. The molecule has 0 N–H and O–H groups in total. The van der Waals surface area contributed by atoms with Gasteiger partial charge in [-0.3, -0.25) is 0 Å². The molecule has 4 nitrogen and oxygen atoms in total. The van der Waals surface area contributed by atoms with E-state index in [1.807, 2.05) is 36.4 Å². The minimum absolute atomic E-state index is 0.213. The normalized spacial score (nSPS) is 22.1. The monoisotopic (exact) mass is 338 g/mol. The fourth-order valence-corrected chi connectivity index (χ4v) is 2.71. The Balaban J connectivity index is 1.65. The molecule has 0 spiro atoms. The Kier molecular flexibility index (Phi) is 4.72. The second kappa shape index (κ2) is 7.30. The molecule has 2 aliphatic heterocycles. The Bertz CT molecular complexity index is 746. The second-order valence-electron chi connectivity index (χ2n) is 6.35. The van der Waals surface area contributed by atoms with Gasteiger partial charge >= 0.3 is 0 Å². The van der Waals surface area contributed by atoms with E-state index in [2.05, 4.69) is 25.1 Å². The van der Waals surface area contributed by atoms with Crippen molar-refractivity contribution in [2.75, 3.05) is 26.4 Å². The first-order valence-corrected chi connectivity index (χ1v) is 8.66. The van der Waals surface area contributed by atoms with Crippen LogP contribution >= 0.6 is 0 Å². The van der Waals surface area contributed by atoms with E-state index in [4.69, 9.17) is 18.9 Å². The molecule has 2 unspecified atom stereocenters. The molecule has 0 saturated carbocycles. The maximum absolute atomic E-state index is 6.14. The molecule has 0 bridgehead atoms. The van der Waals surface area contributed by atoms with E-state index >= 15 is 0 Å². The first kappa shape index (κ1) is 16.2. The Morgan fingerprint density at radius 1 is 0.920 bits per heavy atom. The summed E-state index contributed by atoms with van der Waals surface area (Å²) >= 11 is 0. The van der Waals surface area contributed by atoms with E-state index in [0.29, 0.717) is 13.2 Å². The van der Waals surface area contributed by atoms with Crippen molar-refractivity contribution in [2.24, 2.45) is 0 Å². The predicted octanol–water partition coefficient (Wildman–Crippen LogP) is 3.77. The summed E-state index contributed by atoms with van der Waals surface area (Å²) in [6, 6.07) is 18.2. The molecule has 2 saturated heterocycles. The lowest BCUT2D eigenvalue weighted by atomic mass is 10.0. The number of epoxide rings is 2. The van der Waals surface area contributed by atoms with Crippen molar-refractivity contribution in [1.82, 2.24) is 0 Å². The molecule has 130 valence electrons. The molecule has 0 aromatic heterocycles. The smallest absolute Gasteiger partial charge is 0.130 e. The molecule has 4 heteroatoms. The Morgan fingerprint density at radius 2 is 1.56 bits per heavy atom. The van der Waals surface area contributed by atoms with Crippen LogP contribution in [0.3, 0.4) is 0 Å². The lowest BCUT2D eigenvalue weighted by Crippen LogP contribution is -2.07. The number of rotatable bonds is 8. The van der Waals surface area contributed by atoms with Crippen LogP contribution in [-0.4, -0.2) is 38.6 Å². The number of allylic oxidation sites excluding steroid dienone is 1. The minimum atomic E-state index is 0.213. The molecule has 0 radical (unpaired) electrons. The van der Waals surface area contributed by atoms with E-state index in [1.165, 1.54) is 0 Å². The molecule has 2 aliphatic rings. The fraction of sp³-hybridized carbons (Fsp3) is 0.333. The molecule has 2 fully saturated rings. The van der Waals surface area contributed by atoms with E-state index in [-0.39, 0.29) is 12.2 Å². The van der Waals surface area contributed by atoms with Gasteiger partial charge in [0, 0.05) is 16.7 Å². The van der Waals surface area contributed by atoms with Crippen molar-refractivity contribution in [3.8, 4) is 5.75 Å².